The first-order valence-corrected chi connectivity index (χ1v) is 7.50. The van der Waals surface area contributed by atoms with E-state index in [-0.39, 0.29) is 0 Å². The Morgan fingerprint density at radius 3 is 2.00 bits per heavy atom. The van der Waals surface area contributed by atoms with Crippen molar-refractivity contribution in [3.63, 3.8) is 0 Å². The van der Waals surface area contributed by atoms with Gasteiger partial charge in [-0.1, -0.05) is 71.4 Å². The molecule has 0 aliphatic rings. The normalized spacial score (nSPS) is 11.8. The van der Waals surface area contributed by atoms with Crippen LogP contribution in [0.1, 0.15) is 85.0 Å². The first-order valence-electron chi connectivity index (χ1n) is 7.50. The molecular weight excluding hydrogens is 192 g/mol. The summed E-state index contributed by atoms with van der Waals surface area (Å²) in [6, 6.07) is 0. The van der Waals surface area contributed by atoms with E-state index in [0.717, 1.165) is 5.92 Å². The summed E-state index contributed by atoms with van der Waals surface area (Å²) in [5.74, 6) is 0.953. The molecule has 16 heavy (non-hydrogen) atoms. The Morgan fingerprint density at radius 2 is 1.38 bits per heavy atom. The maximum Gasteiger partial charge on any atom is -0.0348 e. The molecule has 0 radical (unpaired) electrons. The molecule has 0 heterocycles. The standard InChI is InChI=1S/C16H32/c1-4-7-8-9-10-11-12-13-14-15-16(5-2)6-3/h12-13,16H,4-11,14-15H2,1-3H3. The van der Waals surface area contributed by atoms with Crippen molar-refractivity contribution in [1.82, 2.24) is 0 Å². The number of rotatable bonds is 11. The van der Waals surface area contributed by atoms with E-state index in [2.05, 4.69) is 32.9 Å². The zero-order chi connectivity index (χ0) is 12.1. The van der Waals surface area contributed by atoms with Gasteiger partial charge in [0, 0.05) is 0 Å². The molecule has 0 aromatic carbocycles. The topological polar surface area (TPSA) is 0 Å². The smallest absolute Gasteiger partial charge is 0.0348 e. The zero-order valence-electron chi connectivity index (χ0n) is 11.8. The van der Waals surface area contributed by atoms with E-state index in [1.807, 2.05) is 0 Å². The van der Waals surface area contributed by atoms with Gasteiger partial charge in [0.25, 0.3) is 0 Å². The van der Waals surface area contributed by atoms with Gasteiger partial charge in [0.15, 0.2) is 0 Å². The van der Waals surface area contributed by atoms with Gasteiger partial charge in [-0.25, -0.2) is 0 Å². The lowest BCUT2D eigenvalue weighted by Gasteiger charge is -2.09. The Bertz CT molecular complexity index is 142. The summed E-state index contributed by atoms with van der Waals surface area (Å²) in [5, 5.41) is 0. The molecule has 0 spiro atoms. The second-order valence-electron chi connectivity index (χ2n) is 4.93. The predicted molar refractivity (Wildman–Crippen MR) is 75.8 cm³/mol. The molecular formula is C16H32. The second-order valence-corrected chi connectivity index (χ2v) is 4.93. The molecule has 0 saturated heterocycles. The molecule has 0 aromatic heterocycles. The summed E-state index contributed by atoms with van der Waals surface area (Å²) < 4.78 is 0. The van der Waals surface area contributed by atoms with Crippen LogP contribution in [0.3, 0.4) is 0 Å². The molecule has 96 valence electrons. The van der Waals surface area contributed by atoms with Crippen molar-refractivity contribution >= 4 is 0 Å². The number of allylic oxidation sites excluding steroid dienone is 2. The van der Waals surface area contributed by atoms with Gasteiger partial charge in [0.1, 0.15) is 0 Å². The van der Waals surface area contributed by atoms with Crippen LogP contribution in [0, 0.1) is 5.92 Å². The minimum absolute atomic E-state index is 0.953. The third-order valence-corrected chi connectivity index (χ3v) is 3.54. The van der Waals surface area contributed by atoms with Crippen molar-refractivity contribution in [3.05, 3.63) is 12.2 Å². The van der Waals surface area contributed by atoms with Crippen molar-refractivity contribution in [2.75, 3.05) is 0 Å². The van der Waals surface area contributed by atoms with Gasteiger partial charge in [-0.2, -0.15) is 0 Å². The monoisotopic (exact) mass is 224 g/mol. The molecule has 0 fully saturated rings. The molecule has 0 amide bonds. The highest BCUT2D eigenvalue weighted by molar-refractivity contribution is 4.82. The fourth-order valence-corrected chi connectivity index (χ4v) is 2.13. The summed E-state index contributed by atoms with van der Waals surface area (Å²) >= 11 is 0. The predicted octanol–water partition coefficient (Wildman–Crippen LogP) is 6.12. The lowest BCUT2D eigenvalue weighted by atomic mass is 9.97. The molecule has 0 unspecified atom stereocenters. The van der Waals surface area contributed by atoms with Gasteiger partial charge in [-0.3, -0.25) is 0 Å². The Balaban J connectivity index is 3.21. The molecule has 0 saturated carbocycles. The van der Waals surface area contributed by atoms with Crippen molar-refractivity contribution < 1.29 is 0 Å². The second kappa shape index (κ2) is 12.8. The highest BCUT2D eigenvalue weighted by Gasteiger charge is 2.00. The van der Waals surface area contributed by atoms with E-state index in [4.69, 9.17) is 0 Å². The minimum atomic E-state index is 0.953. The zero-order valence-corrected chi connectivity index (χ0v) is 11.8. The Morgan fingerprint density at radius 1 is 0.750 bits per heavy atom. The Labute approximate surface area is 104 Å². The van der Waals surface area contributed by atoms with Crippen LogP contribution in [-0.2, 0) is 0 Å². The van der Waals surface area contributed by atoms with Crippen molar-refractivity contribution in [2.45, 2.75) is 85.0 Å². The van der Waals surface area contributed by atoms with Gasteiger partial charge < -0.3 is 0 Å². The van der Waals surface area contributed by atoms with Crippen molar-refractivity contribution in [3.8, 4) is 0 Å². The summed E-state index contributed by atoms with van der Waals surface area (Å²) in [5.41, 5.74) is 0. The van der Waals surface area contributed by atoms with Crippen LogP contribution in [0.25, 0.3) is 0 Å². The van der Waals surface area contributed by atoms with Crippen LogP contribution in [-0.4, -0.2) is 0 Å². The molecule has 0 aliphatic carbocycles. The Kier molecular flexibility index (Phi) is 12.6. The first kappa shape index (κ1) is 15.7. The maximum atomic E-state index is 2.40. The highest BCUT2D eigenvalue weighted by atomic mass is 14.1. The molecule has 0 aliphatic heterocycles. The average molecular weight is 224 g/mol. The lowest BCUT2D eigenvalue weighted by molar-refractivity contribution is 0.460. The van der Waals surface area contributed by atoms with Crippen LogP contribution in [0.4, 0.5) is 0 Å². The summed E-state index contributed by atoms with van der Waals surface area (Å²) in [4.78, 5) is 0. The minimum Gasteiger partial charge on any atom is -0.0885 e. The van der Waals surface area contributed by atoms with Gasteiger partial charge in [-0.05, 0) is 31.6 Å². The highest BCUT2D eigenvalue weighted by Crippen LogP contribution is 2.15. The first-order chi connectivity index (χ1) is 7.85. The van der Waals surface area contributed by atoms with Crippen LogP contribution < -0.4 is 0 Å². The largest absolute Gasteiger partial charge is 0.0885 e. The quantitative estimate of drug-likeness (QED) is 0.293. The molecule has 0 bridgehead atoms. The third kappa shape index (κ3) is 10.3. The van der Waals surface area contributed by atoms with Gasteiger partial charge in [-0.15, -0.1) is 0 Å². The van der Waals surface area contributed by atoms with E-state index in [9.17, 15) is 0 Å². The molecule has 0 atom stereocenters. The molecule has 0 N–H and O–H groups in total. The van der Waals surface area contributed by atoms with E-state index < -0.39 is 0 Å². The van der Waals surface area contributed by atoms with Crippen LogP contribution in [0.5, 0.6) is 0 Å². The maximum absolute atomic E-state index is 2.40. The molecule has 0 aromatic rings. The van der Waals surface area contributed by atoms with E-state index in [1.54, 1.807) is 0 Å². The molecule has 0 heteroatoms. The van der Waals surface area contributed by atoms with E-state index in [0.29, 0.717) is 0 Å². The number of hydrogen-bond donors (Lipinski definition) is 0. The van der Waals surface area contributed by atoms with Crippen molar-refractivity contribution in [1.29, 1.82) is 0 Å². The summed E-state index contributed by atoms with van der Waals surface area (Å²) in [6.45, 7) is 6.90. The lowest BCUT2D eigenvalue weighted by Crippen LogP contribution is -1.94. The van der Waals surface area contributed by atoms with Crippen molar-refractivity contribution in [2.24, 2.45) is 5.92 Å². The van der Waals surface area contributed by atoms with Crippen LogP contribution in [0.15, 0.2) is 12.2 Å². The van der Waals surface area contributed by atoms with Gasteiger partial charge in [0.2, 0.25) is 0 Å². The van der Waals surface area contributed by atoms with Gasteiger partial charge in [0.05, 0.1) is 0 Å². The molecule has 0 nitrogen and oxygen atoms in total. The Hall–Kier alpha value is -0.260. The SMILES string of the molecule is CCCCCCCC=CCCC(CC)CC. The van der Waals surface area contributed by atoms with Gasteiger partial charge >= 0.3 is 0 Å². The van der Waals surface area contributed by atoms with E-state index in [1.165, 1.54) is 64.2 Å². The number of unbranched alkanes of at least 4 members (excludes halogenated alkanes) is 5. The molecule has 0 rings (SSSR count). The fourth-order valence-electron chi connectivity index (χ4n) is 2.13. The van der Waals surface area contributed by atoms with E-state index >= 15 is 0 Å². The van der Waals surface area contributed by atoms with Crippen LogP contribution >= 0.6 is 0 Å². The van der Waals surface area contributed by atoms with Crippen LogP contribution in [0.2, 0.25) is 0 Å². The summed E-state index contributed by atoms with van der Waals surface area (Å²) in [6.07, 6.45) is 18.5. The average Bonchev–Trinajstić information content (AvgIpc) is 2.32. The third-order valence-electron chi connectivity index (χ3n) is 3.54. The summed E-state index contributed by atoms with van der Waals surface area (Å²) in [7, 11) is 0. The fraction of sp³-hybridized carbons (Fsp3) is 0.875. The number of hydrogen-bond acceptors (Lipinski definition) is 0.